The summed E-state index contributed by atoms with van der Waals surface area (Å²) in [6.07, 6.45) is 1.82. The van der Waals surface area contributed by atoms with Gasteiger partial charge in [-0.15, -0.1) is 23.6 Å². The second kappa shape index (κ2) is 16.5. The predicted molar refractivity (Wildman–Crippen MR) is 264 cm³/mol. The van der Waals surface area contributed by atoms with Crippen LogP contribution in [0, 0.1) is 17.9 Å². The van der Waals surface area contributed by atoms with Crippen molar-refractivity contribution in [3.63, 3.8) is 0 Å². The van der Waals surface area contributed by atoms with E-state index in [0.29, 0.717) is 22.8 Å². The van der Waals surface area contributed by atoms with Gasteiger partial charge >= 0.3 is 32.8 Å². The zero-order valence-corrected chi connectivity index (χ0v) is 41.8. The maximum atomic E-state index is 14.9. The van der Waals surface area contributed by atoms with Crippen molar-refractivity contribution < 1.29 is 30.2 Å². The Balaban J connectivity index is 0.00000576. The van der Waals surface area contributed by atoms with Gasteiger partial charge in [-0.25, -0.2) is 9.37 Å². The summed E-state index contributed by atoms with van der Waals surface area (Å²) >= 11 is 0. The Kier molecular flexibility index (Phi) is 11.6. The van der Waals surface area contributed by atoms with E-state index < -0.39 is 0 Å². The maximum absolute atomic E-state index is 14.9. The first-order chi connectivity index (χ1) is 30.1. The number of rotatable bonds is 6. The van der Waals surface area contributed by atoms with Gasteiger partial charge in [0.25, 0.3) is 5.69 Å². The van der Waals surface area contributed by atoms with E-state index in [9.17, 15) is 4.39 Å². The van der Waals surface area contributed by atoms with E-state index >= 15 is 0 Å². The first-order valence-corrected chi connectivity index (χ1v) is 22.2. The molecule has 0 spiro atoms. The molecule has 3 heterocycles. The SMILES string of the molecule is CC(C)(C)c1cccc(-c2cccc3c2[N+](c2cc(C(C)(C)C)cc(C(C)(C)C)c2)=C=[N+]3c2[c-]c(Oc3[c-]c4c(cc3)c3ccc(F)cc3n4-c3cc(C(C)(C)C)ccn3)ccc2)c1.[Pt+2]. The quantitative estimate of drug-likeness (QED) is 0.123. The molecule has 7 heteroatoms. The van der Waals surface area contributed by atoms with Gasteiger partial charge in [-0.3, -0.25) is 0 Å². The Morgan fingerprint density at radius 1 is 0.585 bits per heavy atom. The standard InChI is InChI=1S/C58H57FN4O.Pt/c1-55(2,3)38-17-13-16-37(28-38)47-20-15-21-50-54(47)62(44-30-40(57(7,8)9)29-41(31-44)58(10,11)12)36-61(50)43-18-14-19-45(34-43)64-46-23-25-49-48-24-22-42(59)33-51(48)63(52(49)35-46)53-32-39(26-27-60-53)56(4,5)6;/h13-33H,1-12H3;/q;+2. The molecular formula is C58H57FN4OPt+2. The van der Waals surface area contributed by atoms with Crippen molar-refractivity contribution in [1.82, 2.24) is 18.7 Å². The molecule has 2 aromatic heterocycles. The third-order valence-corrected chi connectivity index (χ3v) is 12.3. The third kappa shape index (κ3) is 8.80. The molecule has 0 N–H and O–H groups in total. The molecule has 0 saturated heterocycles. The number of halogens is 1. The van der Waals surface area contributed by atoms with Crippen LogP contribution in [0.5, 0.6) is 11.5 Å². The molecule has 0 amide bonds. The number of hydrogen-bond donors (Lipinski definition) is 0. The first-order valence-electron chi connectivity index (χ1n) is 22.2. The minimum Gasteiger partial charge on any atom is -0.509 e. The molecule has 65 heavy (non-hydrogen) atoms. The molecule has 0 unspecified atom stereocenters. The van der Waals surface area contributed by atoms with E-state index in [1.165, 1.54) is 22.8 Å². The van der Waals surface area contributed by atoms with Crippen LogP contribution >= 0.6 is 0 Å². The molecule has 0 bridgehead atoms. The van der Waals surface area contributed by atoms with Crippen molar-refractivity contribution in [2.75, 3.05) is 0 Å². The number of pyridine rings is 1. The van der Waals surface area contributed by atoms with E-state index in [0.717, 1.165) is 55.7 Å². The minimum atomic E-state index is -0.316. The van der Waals surface area contributed by atoms with Crippen molar-refractivity contribution in [1.29, 1.82) is 0 Å². The van der Waals surface area contributed by atoms with Crippen LogP contribution in [0.4, 0.5) is 27.1 Å². The molecule has 6 aromatic carbocycles. The molecule has 9 rings (SSSR count). The van der Waals surface area contributed by atoms with Gasteiger partial charge in [-0.1, -0.05) is 148 Å². The van der Waals surface area contributed by atoms with Crippen LogP contribution in [0.15, 0.2) is 128 Å². The van der Waals surface area contributed by atoms with Gasteiger partial charge < -0.3 is 9.30 Å². The van der Waals surface area contributed by atoms with Gasteiger partial charge in [0.15, 0.2) is 0 Å². The van der Waals surface area contributed by atoms with Crippen molar-refractivity contribution in [2.45, 2.75) is 105 Å². The van der Waals surface area contributed by atoms with Gasteiger partial charge in [0, 0.05) is 41.4 Å². The molecule has 330 valence electrons. The second-order valence-corrected chi connectivity index (χ2v) is 21.3. The molecule has 0 aliphatic carbocycles. The second-order valence-electron chi connectivity index (χ2n) is 21.3. The van der Waals surface area contributed by atoms with Crippen molar-refractivity contribution in [3.8, 4) is 28.4 Å². The van der Waals surface area contributed by atoms with Gasteiger partial charge in [-0.05, 0) is 89.8 Å². The fourth-order valence-electron chi connectivity index (χ4n) is 8.46. The van der Waals surface area contributed by atoms with Crippen LogP contribution in [-0.4, -0.2) is 15.6 Å². The Labute approximate surface area is 398 Å². The number of fused-ring (bicyclic) bond motifs is 4. The molecule has 0 atom stereocenters. The Morgan fingerprint density at radius 3 is 1.91 bits per heavy atom. The van der Waals surface area contributed by atoms with E-state index in [-0.39, 0.29) is 48.5 Å². The van der Waals surface area contributed by atoms with Gasteiger partial charge in [0.1, 0.15) is 17.3 Å². The van der Waals surface area contributed by atoms with Gasteiger partial charge in [0.2, 0.25) is 5.69 Å². The van der Waals surface area contributed by atoms with E-state index in [1.807, 2.05) is 53.2 Å². The van der Waals surface area contributed by atoms with E-state index in [1.54, 1.807) is 6.07 Å². The largest absolute Gasteiger partial charge is 2.00 e. The summed E-state index contributed by atoms with van der Waals surface area (Å²) in [5.74, 6) is 1.40. The molecule has 1 aliphatic heterocycles. The normalized spacial score (nSPS) is 13.1. The Hall–Kier alpha value is -5.93. The van der Waals surface area contributed by atoms with Crippen LogP contribution in [0.1, 0.15) is 105 Å². The molecule has 5 nitrogen and oxygen atoms in total. The summed E-state index contributed by atoms with van der Waals surface area (Å²) in [6.45, 7) is 26.9. The average molecular weight is 1040 g/mol. The number of hydrogen-bond acceptors (Lipinski definition) is 2. The van der Waals surface area contributed by atoms with Crippen LogP contribution in [0.2, 0.25) is 0 Å². The zero-order chi connectivity index (χ0) is 45.5. The summed E-state index contributed by atoms with van der Waals surface area (Å²) in [5, 5.41) is 1.83. The number of ether oxygens (including phenoxy) is 1. The van der Waals surface area contributed by atoms with Crippen molar-refractivity contribution in [2.24, 2.45) is 0 Å². The Bertz CT molecular complexity index is 3200. The number of nitrogens with zero attached hydrogens (tertiary/aromatic N) is 4. The summed E-state index contributed by atoms with van der Waals surface area (Å²) in [4.78, 5) is 4.77. The summed E-state index contributed by atoms with van der Waals surface area (Å²) in [7, 11) is 0. The monoisotopic (exact) mass is 1040 g/mol. The van der Waals surface area contributed by atoms with Crippen LogP contribution in [0.3, 0.4) is 0 Å². The predicted octanol–water partition coefficient (Wildman–Crippen LogP) is 15.4. The van der Waals surface area contributed by atoms with E-state index in [2.05, 4.69) is 177 Å². The van der Waals surface area contributed by atoms with Crippen molar-refractivity contribution in [3.05, 3.63) is 168 Å². The summed E-state index contributed by atoms with van der Waals surface area (Å²) in [5.41, 5.74) is 12.2. The van der Waals surface area contributed by atoms with Crippen LogP contribution in [-0.2, 0) is 42.7 Å². The number of aromatic nitrogens is 2. The smallest absolute Gasteiger partial charge is 0.509 e. The van der Waals surface area contributed by atoms with Crippen LogP contribution < -0.4 is 13.9 Å². The van der Waals surface area contributed by atoms with Crippen molar-refractivity contribution >= 4 is 50.6 Å². The average Bonchev–Trinajstić information content (AvgIpc) is 3.78. The van der Waals surface area contributed by atoms with Gasteiger partial charge in [0.05, 0.1) is 5.56 Å². The number of para-hydroxylation sites is 1. The Morgan fingerprint density at radius 2 is 1.22 bits per heavy atom. The topological polar surface area (TPSA) is 33.1 Å². The van der Waals surface area contributed by atoms with Crippen LogP contribution in [0.25, 0.3) is 38.8 Å². The molecule has 0 fully saturated rings. The summed E-state index contributed by atoms with van der Waals surface area (Å²) < 4.78 is 27.8. The fourth-order valence-corrected chi connectivity index (χ4v) is 8.46. The molecule has 0 radical (unpaired) electrons. The number of benzene rings is 6. The fraction of sp³-hybridized carbons (Fsp3) is 0.276. The minimum absolute atomic E-state index is 0. The zero-order valence-electron chi connectivity index (χ0n) is 39.5. The maximum Gasteiger partial charge on any atom is 2.00 e. The first kappa shape index (κ1) is 45.6. The molecule has 1 aliphatic rings. The molecular weight excluding hydrogens is 983 g/mol. The summed E-state index contributed by atoms with van der Waals surface area (Å²) in [6, 6.07) is 52.2. The molecule has 0 saturated carbocycles. The van der Waals surface area contributed by atoms with E-state index in [4.69, 9.17) is 9.72 Å². The third-order valence-electron chi connectivity index (χ3n) is 12.3. The van der Waals surface area contributed by atoms with Gasteiger partial charge in [-0.2, -0.15) is 12.1 Å². The molecule has 8 aromatic rings.